The van der Waals surface area contributed by atoms with Gasteiger partial charge in [-0.15, -0.1) is 0 Å². The molecule has 0 aromatic rings. The van der Waals surface area contributed by atoms with Crippen molar-refractivity contribution in [1.82, 2.24) is 10.2 Å². The van der Waals surface area contributed by atoms with Crippen molar-refractivity contribution in [2.75, 3.05) is 13.1 Å². The van der Waals surface area contributed by atoms with E-state index >= 15 is 0 Å². The van der Waals surface area contributed by atoms with Crippen molar-refractivity contribution >= 4 is 12.0 Å². The highest BCUT2D eigenvalue weighted by molar-refractivity contribution is 5.83. The Bertz CT molecular complexity index is 312. The zero-order valence-corrected chi connectivity index (χ0v) is 12.2. The molecule has 0 heterocycles. The Morgan fingerprint density at radius 1 is 1.26 bits per heavy atom. The lowest BCUT2D eigenvalue weighted by atomic mass is 10.0. The Balaban J connectivity index is 2.54. The van der Waals surface area contributed by atoms with Crippen LogP contribution in [0.3, 0.4) is 0 Å². The molecule has 5 heteroatoms. The number of nitrogens with one attached hydrogen (secondary N) is 1. The first-order chi connectivity index (χ1) is 9.03. The predicted octanol–water partition coefficient (Wildman–Crippen LogP) is 2.32. The summed E-state index contributed by atoms with van der Waals surface area (Å²) in [4.78, 5) is 25.0. The third-order valence-electron chi connectivity index (χ3n) is 3.94. The number of carboxylic acid groups (broad SMARTS) is 1. The van der Waals surface area contributed by atoms with Gasteiger partial charge in [0.05, 0.1) is 0 Å². The van der Waals surface area contributed by atoms with Crippen molar-refractivity contribution in [2.24, 2.45) is 11.8 Å². The molecule has 0 aromatic heterocycles. The van der Waals surface area contributed by atoms with Crippen LogP contribution in [0.2, 0.25) is 0 Å². The number of nitrogens with zero attached hydrogens (tertiary/aromatic N) is 1. The second kappa shape index (κ2) is 7.36. The highest BCUT2D eigenvalue weighted by atomic mass is 16.4. The van der Waals surface area contributed by atoms with E-state index < -0.39 is 12.0 Å². The maximum absolute atomic E-state index is 12.1. The van der Waals surface area contributed by atoms with Crippen LogP contribution < -0.4 is 5.32 Å². The molecule has 0 aromatic carbocycles. The topological polar surface area (TPSA) is 69.6 Å². The largest absolute Gasteiger partial charge is 0.480 e. The van der Waals surface area contributed by atoms with Crippen LogP contribution in [0.4, 0.5) is 4.79 Å². The molecule has 0 bridgehead atoms. The normalized spacial score (nSPS) is 16.2. The maximum atomic E-state index is 12.1. The first kappa shape index (κ1) is 15.8. The number of rotatable bonds is 8. The van der Waals surface area contributed by atoms with Crippen molar-refractivity contribution in [1.29, 1.82) is 0 Å². The number of urea groups is 1. The fourth-order valence-corrected chi connectivity index (χ4v) is 2.25. The summed E-state index contributed by atoms with van der Waals surface area (Å²) in [6, 6.07) is -0.961. The fraction of sp³-hybridized carbons (Fsp3) is 0.857. The van der Waals surface area contributed by atoms with E-state index in [2.05, 4.69) is 19.2 Å². The number of carbonyl (C=O) groups is 2. The van der Waals surface area contributed by atoms with Crippen molar-refractivity contribution in [3.8, 4) is 0 Å². The van der Waals surface area contributed by atoms with Gasteiger partial charge < -0.3 is 15.3 Å². The minimum Gasteiger partial charge on any atom is -0.480 e. The lowest BCUT2D eigenvalue weighted by molar-refractivity contribution is -0.139. The SMILES string of the molecule is CCC(CC)CN(CC)C(=O)NC(C(=O)O)C1CC1. The summed E-state index contributed by atoms with van der Waals surface area (Å²) >= 11 is 0. The van der Waals surface area contributed by atoms with Crippen LogP contribution in [-0.2, 0) is 4.79 Å². The molecule has 1 aliphatic carbocycles. The number of aliphatic carboxylic acids is 1. The van der Waals surface area contributed by atoms with E-state index in [1.807, 2.05) is 6.92 Å². The second-order valence-electron chi connectivity index (χ2n) is 5.32. The molecule has 0 saturated heterocycles. The lowest BCUT2D eigenvalue weighted by Crippen LogP contribution is -2.50. The molecule has 1 unspecified atom stereocenters. The molecule has 2 amide bonds. The average Bonchev–Trinajstić information content (AvgIpc) is 3.21. The van der Waals surface area contributed by atoms with Crippen LogP contribution in [0.1, 0.15) is 46.5 Å². The fourth-order valence-electron chi connectivity index (χ4n) is 2.25. The zero-order chi connectivity index (χ0) is 14.4. The van der Waals surface area contributed by atoms with Gasteiger partial charge in [0, 0.05) is 13.1 Å². The van der Waals surface area contributed by atoms with Crippen LogP contribution in [-0.4, -0.2) is 41.1 Å². The molecule has 0 spiro atoms. The Labute approximate surface area is 115 Å². The van der Waals surface area contributed by atoms with Gasteiger partial charge in [-0.3, -0.25) is 0 Å². The monoisotopic (exact) mass is 270 g/mol. The highest BCUT2D eigenvalue weighted by Gasteiger charge is 2.37. The standard InChI is InChI=1S/C14H26N2O3/c1-4-10(5-2)9-16(6-3)14(19)15-12(13(17)18)11-7-8-11/h10-12H,4-9H2,1-3H3,(H,15,19)(H,17,18). The van der Waals surface area contributed by atoms with E-state index in [1.165, 1.54) is 0 Å². The van der Waals surface area contributed by atoms with E-state index in [0.29, 0.717) is 19.0 Å². The van der Waals surface area contributed by atoms with Gasteiger partial charge in [0.25, 0.3) is 0 Å². The number of hydrogen-bond donors (Lipinski definition) is 2. The number of carboxylic acids is 1. The summed E-state index contributed by atoms with van der Waals surface area (Å²) in [6.07, 6.45) is 3.86. The van der Waals surface area contributed by atoms with Crippen molar-refractivity contribution in [3.05, 3.63) is 0 Å². The van der Waals surface area contributed by atoms with Gasteiger partial charge >= 0.3 is 12.0 Å². The molecule has 1 aliphatic rings. The molecule has 0 radical (unpaired) electrons. The minimum atomic E-state index is -0.922. The van der Waals surface area contributed by atoms with Crippen LogP contribution in [0.15, 0.2) is 0 Å². The van der Waals surface area contributed by atoms with Crippen molar-refractivity contribution in [3.63, 3.8) is 0 Å². The average molecular weight is 270 g/mol. The summed E-state index contributed by atoms with van der Waals surface area (Å²) in [5.74, 6) is -0.322. The molecule has 2 N–H and O–H groups in total. The molecule has 110 valence electrons. The zero-order valence-electron chi connectivity index (χ0n) is 12.2. The summed E-state index contributed by atoms with van der Waals surface area (Å²) in [7, 11) is 0. The van der Waals surface area contributed by atoms with Gasteiger partial charge in [-0.1, -0.05) is 26.7 Å². The van der Waals surface area contributed by atoms with Gasteiger partial charge in [0.2, 0.25) is 0 Å². The van der Waals surface area contributed by atoms with Crippen molar-refractivity contribution in [2.45, 2.75) is 52.5 Å². The summed E-state index contributed by atoms with van der Waals surface area (Å²) < 4.78 is 0. The summed E-state index contributed by atoms with van der Waals surface area (Å²) in [6.45, 7) is 7.47. The quantitative estimate of drug-likeness (QED) is 0.711. The third-order valence-corrected chi connectivity index (χ3v) is 3.94. The Hall–Kier alpha value is -1.26. The van der Waals surface area contributed by atoms with E-state index in [-0.39, 0.29) is 11.9 Å². The molecule has 1 saturated carbocycles. The molecular weight excluding hydrogens is 244 g/mol. The molecule has 1 atom stereocenters. The number of carbonyl (C=O) groups excluding carboxylic acids is 1. The van der Waals surface area contributed by atoms with Gasteiger partial charge in [0.15, 0.2) is 0 Å². The Morgan fingerprint density at radius 2 is 1.84 bits per heavy atom. The summed E-state index contributed by atoms with van der Waals surface area (Å²) in [5.41, 5.74) is 0. The second-order valence-corrected chi connectivity index (χ2v) is 5.32. The Morgan fingerprint density at radius 3 is 2.21 bits per heavy atom. The molecule has 0 aliphatic heterocycles. The van der Waals surface area contributed by atoms with Gasteiger partial charge in [-0.25, -0.2) is 9.59 Å². The van der Waals surface area contributed by atoms with Gasteiger partial charge in [-0.2, -0.15) is 0 Å². The van der Waals surface area contributed by atoms with Crippen LogP contribution in [0.25, 0.3) is 0 Å². The minimum absolute atomic E-state index is 0.119. The Kier molecular flexibility index (Phi) is 6.12. The smallest absolute Gasteiger partial charge is 0.326 e. The first-order valence-electron chi connectivity index (χ1n) is 7.31. The van der Waals surface area contributed by atoms with E-state index in [0.717, 1.165) is 25.7 Å². The van der Waals surface area contributed by atoms with E-state index in [4.69, 9.17) is 5.11 Å². The molecule has 1 rings (SSSR count). The molecule has 5 nitrogen and oxygen atoms in total. The number of hydrogen-bond acceptors (Lipinski definition) is 2. The highest BCUT2D eigenvalue weighted by Crippen LogP contribution is 2.32. The predicted molar refractivity (Wildman–Crippen MR) is 74.0 cm³/mol. The third kappa shape index (κ3) is 4.73. The van der Waals surface area contributed by atoms with Crippen LogP contribution >= 0.6 is 0 Å². The van der Waals surface area contributed by atoms with Crippen LogP contribution in [0, 0.1) is 11.8 Å². The van der Waals surface area contributed by atoms with Gasteiger partial charge in [0.1, 0.15) is 6.04 Å². The van der Waals surface area contributed by atoms with E-state index in [1.54, 1.807) is 4.90 Å². The molecule has 19 heavy (non-hydrogen) atoms. The van der Waals surface area contributed by atoms with Crippen molar-refractivity contribution < 1.29 is 14.7 Å². The van der Waals surface area contributed by atoms with Crippen LogP contribution in [0.5, 0.6) is 0 Å². The van der Waals surface area contributed by atoms with Gasteiger partial charge in [-0.05, 0) is 31.6 Å². The summed E-state index contributed by atoms with van der Waals surface area (Å²) in [5, 5.41) is 11.8. The molecular formula is C14H26N2O3. The lowest BCUT2D eigenvalue weighted by Gasteiger charge is -2.27. The number of amides is 2. The van der Waals surface area contributed by atoms with E-state index in [9.17, 15) is 9.59 Å². The molecule has 1 fully saturated rings. The maximum Gasteiger partial charge on any atom is 0.326 e. The first-order valence-corrected chi connectivity index (χ1v) is 7.31.